The topological polar surface area (TPSA) is 83.1 Å². The number of nitrogens with zero attached hydrogens (tertiary/aromatic N) is 4. The molecular weight excluding hydrogens is 384 g/mol. The number of hydrogen-bond donors (Lipinski definition) is 2. The summed E-state index contributed by atoms with van der Waals surface area (Å²) in [6.45, 7) is 2.10. The van der Waals surface area contributed by atoms with Gasteiger partial charge in [0.25, 0.3) is 0 Å². The van der Waals surface area contributed by atoms with Gasteiger partial charge in [-0.05, 0) is 60.5 Å². The Morgan fingerprint density at radius 2 is 1.55 bits per heavy atom. The van der Waals surface area contributed by atoms with Crippen LogP contribution in [0.25, 0.3) is 55.6 Å². The Hall–Kier alpha value is -4.32. The van der Waals surface area contributed by atoms with Gasteiger partial charge in [-0.3, -0.25) is 20.1 Å². The van der Waals surface area contributed by atoms with Gasteiger partial charge in [0.15, 0.2) is 0 Å². The first kappa shape index (κ1) is 17.5. The highest BCUT2D eigenvalue weighted by Crippen LogP contribution is 2.34. The molecule has 0 atom stereocenters. The lowest BCUT2D eigenvalue weighted by molar-refractivity contribution is 1.12. The molecule has 0 saturated heterocycles. The number of aromatic nitrogens is 6. The summed E-state index contributed by atoms with van der Waals surface area (Å²) >= 11 is 0. The third kappa shape index (κ3) is 2.88. The molecular formula is C25H18N6. The predicted octanol–water partition coefficient (Wildman–Crippen LogP) is 5.54. The summed E-state index contributed by atoms with van der Waals surface area (Å²) in [6, 6.07) is 16.4. The summed E-state index contributed by atoms with van der Waals surface area (Å²) in [5, 5.41) is 9.89. The fourth-order valence-corrected chi connectivity index (χ4v) is 4.07. The smallest absolute Gasteiger partial charge is 0.116 e. The standard InChI is InChI=1S/C25H18N6/c1-15-4-8-27-14-20(15)17-2-3-22-18(12-17)25(31-30-22)23-13-19-21(29-23)7-11-28-24(19)16-5-9-26-10-6-16/h2-14,29H,1H3,(H,30,31). The highest BCUT2D eigenvalue weighted by Gasteiger charge is 2.15. The van der Waals surface area contributed by atoms with Crippen LogP contribution in [-0.2, 0) is 0 Å². The van der Waals surface area contributed by atoms with Crippen molar-refractivity contribution >= 4 is 21.8 Å². The molecule has 6 aromatic rings. The van der Waals surface area contributed by atoms with E-state index in [1.807, 2.05) is 42.9 Å². The number of hydrogen-bond acceptors (Lipinski definition) is 4. The van der Waals surface area contributed by atoms with E-state index in [0.29, 0.717) is 0 Å². The number of aryl methyl sites for hydroxylation is 1. The molecule has 6 nitrogen and oxygen atoms in total. The average molecular weight is 402 g/mol. The number of benzene rings is 1. The molecule has 2 N–H and O–H groups in total. The van der Waals surface area contributed by atoms with Gasteiger partial charge < -0.3 is 4.98 Å². The van der Waals surface area contributed by atoms with Crippen molar-refractivity contribution in [2.45, 2.75) is 6.92 Å². The summed E-state index contributed by atoms with van der Waals surface area (Å²) in [5.41, 5.74) is 9.24. The molecule has 0 aliphatic heterocycles. The number of pyridine rings is 3. The Morgan fingerprint density at radius 1 is 0.710 bits per heavy atom. The monoisotopic (exact) mass is 402 g/mol. The summed E-state index contributed by atoms with van der Waals surface area (Å²) < 4.78 is 0. The highest BCUT2D eigenvalue weighted by molar-refractivity contribution is 6.00. The largest absolute Gasteiger partial charge is 0.353 e. The lowest BCUT2D eigenvalue weighted by atomic mass is 10.0. The van der Waals surface area contributed by atoms with E-state index in [1.54, 1.807) is 12.4 Å². The molecule has 6 heteroatoms. The van der Waals surface area contributed by atoms with Crippen molar-refractivity contribution in [2.75, 3.05) is 0 Å². The zero-order valence-corrected chi connectivity index (χ0v) is 16.8. The molecule has 0 radical (unpaired) electrons. The van der Waals surface area contributed by atoms with Crippen molar-refractivity contribution in [1.29, 1.82) is 0 Å². The van der Waals surface area contributed by atoms with Gasteiger partial charge in [0.2, 0.25) is 0 Å². The summed E-state index contributed by atoms with van der Waals surface area (Å²) in [7, 11) is 0. The number of H-pyrrole nitrogens is 2. The summed E-state index contributed by atoms with van der Waals surface area (Å²) in [6.07, 6.45) is 9.12. The van der Waals surface area contributed by atoms with Gasteiger partial charge in [-0.15, -0.1) is 0 Å². The minimum Gasteiger partial charge on any atom is -0.353 e. The van der Waals surface area contributed by atoms with Crippen molar-refractivity contribution in [2.24, 2.45) is 0 Å². The van der Waals surface area contributed by atoms with Crippen LogP contribution < -0.4 is 0 Å². The maximum atomic E-state index is 4.62. The van der Waals surface area contributed by atoms with E-state index >= 15 is 0 Å². The number of rotatable bonds is 3. The molecule has 0 saturated carbocycles. The quantitative estimate of drug-likeness (QED) is 0.407. The molecule has 0 spiro atoms. The van der Waals surface area contributed by atoms with Crippen LogP contribution >= 0.6 is 0 Å². The summed E-state index contributed by atoms with van der Waals surface area (Å²) in [4.78, 5) is 16.5. The van der Waals surface area contributed by atoms with E-state index in [9.17, 15) is 0 Å². The lowest BCUT2D eigenvalue weighted by Crippen LogP contribution is -1.85. The maximum Gasteiger partial charge on any atom is 0.116 e. The van der Waals surface area contributed by atoms with Gasteiger partial charge >= 0.3 is 0 Å². The van der Waals surface area contributed by atoms with E-state index in [2.05, 4.69) is 61.3 Å². The van der Waals surface area contributed by atoms with Crippen LogP contribution in [0.1, 0.15) is 5.56 Å². The first-order valence-electron chi connectivity index (χ1n) is 10.1. The van der Waals surface area contributed by atoms with Gasteiger partial charge in [-0.2, -0.15) is 5.10 Å². The van der Waals surface area contributed by atoms with Gasteiger partial charge in [-0.1, -0.05) is 6.07 Å². The van der Waals surface area contributed by atoms with Crippen LogP contribution in [0, 0.1) is 6.92 Å². The number of nitrogens with one attached hydrogen (secondary N) is 2. The molecule has 0 aliphatic carbocycles. The van der Waals surface area contributed by atoms with Crippen molar-refractivity contribution in [3.8, 4) is 33.8 Å². The third-order valence-electron chi connectivity index (χ3n) is 5.67. The Kier molecular flexibility index (Phi) is 3.89. The first-order valence-corrected chi connectivity index (χ1v) is 10.1. The fraction of sp³-hybridized carbons (Fsp3) is 0.0400. The van der Waals surface area contributed by atoms with Crippen molar-refractivity contribution in [3.63, 3.8) is 0 Å². The van der Waals surface area contributed by atoms with Crippen LogP contribution in [0.3, 0.4) is 0 Å². The first-order chi connectivity index (χ1) is 15.3. The molecule has 0 aliphatic rings. The van der Waals surface area contributed by atoms with Crippen LogP contribution in [0.2, 0.25) is 0 Å². The average Bonchev–Trinajstić information content (AvgIpc) is 3.43. The molecule has 5 heterocycles. The SMILES string of the molecule is Cc1ccncc1-c1ccc2[nH]nc(-c3cc4c(-c5ccncc5)nccc4[nH]3)c2c1. The second kappa shape index (κ2) is 6.88. The Bertz CT molecular complexity index is 1550. The zero-order valence-electron chi connectivity index (χ0n) is 16.8. The van der Waals surface area contributed by atoms with Gasteiger partial charge in [0.05, 0.1) is 16.9 Å². The van der Waals surface area contributed by atoms with Crippen molar-refractivity contribution < 1.29 is 0 Å². The normalized spacial score (nSPS) is 11.4. The predicted molar refractivity (Wildman–Crippen MR) is 122 cm³/mol. The van der Waals surface area contributed by atoms with E-state index in [4.69, 9.17) is 0 Å². The second-order valence-corrected chi connectivity index (χ2v) is 7.56. The van der Waals surface area contributed by atoms with Gasteiger partial charge in [-0.25, -0.2) is 0 Å². The molecule has 0 amide bonds. The maximum absolute atomic E-state index is 4.62. The highest BCUT2D eigenvalue weighted by atomic mass is 15.1. The van der Waals surface area contributed by atoms with Gasteiger partial charge in [0.1, 0.15) is 5.69 Å². The minimum atomic E-state index is 0.885. The van der Waals surface area contributed by atoms with Crippen molar-refractivity contribution in [3.05, 3.63) is 85.1 Å². The molecule has 1 aromatic carbocycles. The van der Waals surface area contributed by atoms with Crippen LogP contribution in [0.4, 0.5) is 0 Å². The van der Waals surface area contributed by atoms with Crippen LogP contribution in [-0.4, -0.2) is 30.1 Å². The lowest BCUT2D eigenvalue weighted by Gasteiger charge is -2.05. The number of aromatic amines is 2. The zero-order chi connectivity index (χ0) is 20.8. The third-order valence-corrected chi connectivity index (χ3v) is 5.67. The molecule has 0 unspecified atom stereocenters. The van der Waals surface area contributed by atoms with Gasteiger partial charge in [0, 0.05) is 58.4 Å². The molecule has 6 rings (SSSR count). The Labute approximate surface area is 178 Å². The minimum absolute atomic E-state index is 0.885. The van der Waals surface area contributed by atoms with E-state index in [-0.39, 0.29) is 0 Å². The fourth-order valence-electron chi connectivity index (χ4n) is 4.07. The van der Waals surface area contributed by atoms with Crippen molar-refractivity contribution in [1.82, 2.24) is 30.1 Å². The van der Waals surface area contributed by atoms with E-state index in [1.165, 1.54) is 5.56 Å². The second-order valence-electron chi connectivity index (χ2n) is 7.56. The molecule has 5 aromatic heterocycles. The van der Waals surface area contributed by atoms with Crippen LogP contribution in [0.5, 0.6) is 0 Å². The molecule has 0 fully saturated rings. The number of fused-ring (bicyclic) bond motifs is 2. The summed E-state index contributed by atoms with van der Waals surface area (Å²) in [5.74, 6) is 0. The molecule has 148 valence electrons. The Balaban J connectivity index is 1.52. The van der Waals surface area contributed by atoms with E-state index < -0.39 is 0 Å². The Morgan fingerprint density at radius 3 is 2.42 bits per heavy atom. The van der Waals surface area contributed by atoms with Crippen LogP contribution in [0.15, 0.2) is 79.5 Å². The molecule has 0 bridgehead atoms. The molecule has 31 heavy (non-hydrogen) atoms. The van der Waals surface area contributed by atoms with E-state index in [0.717, 1.165) is 55.6 Å².